The van der Waals surface area contributed by atoms with Crippen LogP contribution in [0.5, 0.6) is 0 Å². The molecular weight excluding hydrogens is 963 g/mol. The molecule has 3 aliphatic rings. The lowest BCUT2D eigenvalue weighted by Crippen LogP contribution is -2.66. The topological polar surface area (TPSA) is 307 Å². The van der Waals surface area contributed by atoms with Gasteiger partial charge in [0.2, 0.25) is 5.91 Å². The van der Waals surface area contributed by atoms with Gasteiger partial charge in [-0.3, -0.25) is 4.79 Å². The Hall–Kier alpha value is -1.21. The van der Waals surface area contributed by atoms with E-state index in [2.05, 4.69) is 19.2 Å². The third-order valence-corrected chi connectivity index (χ3v) is 15.2. The summed E-state index contributed by atoms with van der Waals surface area (Å²) in [6, 6.07) is -0.879. The quantitative estimate of drug-likeness (QED) is 0.0376. The average molecular weight is 1070 g/mol. The molecule has 19 heteroatoms. The fourth-order valence-electron chi connectivity index (χ4n) is 10.3. The van der Waals surface area contributed by atoms with Crippen molar-refractivity contribution >= 4 is 5.91 Å². The minimum atomic E-state index is -1.97. The monoisotopic (exact) mass is 1070 g/mol. The van der Waals surface area contributed by atoms with Crippen molar-refractivity contribution in [3.8, 4) is 0 Å². The van der Waals surface area contributed by atoms with Crippen molar-refractivity contribution in [3.05, 3.63) is 0 Å². The number of amides is 1. The number of unbranched alkanes of at least 4 members (excludes halogenated alkanes) is 27. The number of hydrogen-bond donors (Lipinski definition) is 12. The van der Waals surface area contributed by atoms with E-state index in [1.165, 1.54) is 135 Å². The van der Waals surface area contributed by atoms with Gasteiger partial charge in [0.1, 0.15) is 73.2 Å². The molecule has 0 radical (unpaired) electrons. The Morgan fingerprint density at radius 1 is 0.432 bits per heavy atom. The van der Waals surface area contributed by atoms with Crippen molar-refractivity contribution in [3.63, 3.8) is 0 Å². The van der Waals surface area contributed by atoms with Gasteiger partial charge in [-0.2, -0.15) is 0 Å². The van der Waals surface area contributed by atoms with E-state index in [1.807, 2.05) is 0 Å². The first-order chi connectivity index (χ1) is 35.8. The van der Waals surface area contributed by atoms with Gasteiger partial charge in [0, 0.05) is 6.42 Å². The predicted octanol–water partition coefficient (Wildman–Crippen LogP) is 4.43. The van der Waals surface area contributed by atoms with Crippen molar-refractivity contribution in [2.24, 2.45) is 0 Å². The SMILES string of the molecule is CCCCCCCCCCCCCCCCCCC(O)C(COC1OC(CO)C(OC2OC(CO)C(OC3OC(CO)C(O)C(O)C3O)C(O)C2O)C(O)C1O)NC(=O)CCCCCCCCCCCCCCC. The highest BCUT2D eigenvalue weighted by Crippen LogP contribution is 2.33. The number of rotatable bonds is 43. The normalized spacial score (nSPS) is 31.4. The molecule has 17 unspecified atom stereocenters. The Bertz CT molecular complexity index is 1370. The van der Waals surface area contributed by atoms with Gasteiger partial charge in [-0.05, 0) is 12.8 Å². The molecule has 19 nitrogen and oxygen atoms in total. The van der Waals surface area contributed by atoms with Gasteiger partial charge in [-0.25, -0.2) is 0 Å². The summed E-state index contributed by atoms with van der Waals surface area (Å²) in [7, 11) is 0. The van der Waals surface area contributed by atoms with Gasteiger partial charge < -0.3 is 89.9 Å². The van der Waals surface area contributed by atoms with Crippen LogP contribution >= 0.6 is 0 Å². The Labute approximate surface area is 443 Å². The molecule has 438 valence electrons. The molecule has 1 amide bonds. The zero-order valence-corrected chi connectivity index (χ0v) is 45.3. The van der Waals surface area contributed by atoms with Crippen LogP contribution in [0.2, 0.25) is 0 Å². The Balaban J connectivity index is 1.51. The number of aliphatic hydroxyl groups excluding tert-OH is 11. The lowest BCUT2D eigenvalue weighted by molar-refractivity contribution is -0.379. The number of ether oxygens (including phenoxy) is 6. The zero-order valence-electron chi connectivity index (χ0n) is 45.3. The summed E-state index contributed by atoms with van der Waals surface area (Å²) in [5.41, 5.74) is 0. The third kappa shape index (κ3) is 24.4. The molecule has 0 bridgehead atoms. The number of carbonyl (C=O) groups excluding carboxylic acids is 1. The molecule has 0 aromatic carbocycles. The number of carbonyl (C=O) groups is 1. The lowest BCUT2D eigenvalue weighted by atomic mass is 9.96. The summed E-state index contributed by atoms with van der Waals surface area (Å²) in [5.74, 6) is -0.241. The number of aliphatic hydroxyl groups is 11. The minimum absolute atomic E-state index is 0.241. The van der Waals surface area contributed by atoms with Crippen LogP contribution in [0.25, 0.3) is 0 Å². The summed E-state index contributed by atoms with van der Waals surface area (Å²) >= 11 is 0. The molecule has 3 saturated heterocycles. The first-order valence-electron chi connectivity index (χ1n) is 29.3. The van der Waals surface area contributed by atoms with Gasteiger partial charge in [-0.1, -0.05) is 194 Å². The number of nitrogens with one attached hydrogen (secondary N) is 1. The highest BCUT2D eigenvalue weighted by molar-refractivity contribution is 5.76. The van der Waals surface area contributed by atoms with E-state index < -0.39 is 124 Å². The van der Waals surface area contributed by atoms with Gasteiger partial charge in [0.15, 0.2) is 18.9 Å². The summed E-state index contributed by atoms with van der Waals surface area (Å²) in [5, 5.41) is 120. The van der Waals surface area contributed by atoms with Crippen LogP contribution in [-0.4, -0.2) is 193 Å². The van der Waals surface area contributed by atoms with E-state index in [9.17, 15) is 61.0 Å². The second kappa shape index (κ2) is 40.0. The van der Waals surface area contributed by atoms with E-state index in [0.29, 0.717) is 12.8 Å². The molecule has 74 heavy (non-hydrogen) atoms. The molecule has 3 fully saturated rings. The van der Waals surface area contributed by atoms with Crippen LogP contribution in [0.3, 0.4) is 0 Å². The summed E-state index contributed by atoms with van der Waals surface area (Å²) in [4.78, 5) is 13.3. The van der Waals surface area contributed by atoms with Crippen LogP contribution in [0.15, 0.2) is 0 Å². The molecule has 3 heterocycles. The average Bonchev–Trinajstić information content (AvgIpc) is 3.40. The highest BCUT2D eigenvalue weighted by Gasteiger charge is 2.53. The van der Waals surface area contributed by atoms with Crippen molar-refractivity contribution in [2.45, 2.75) is 317 Å². The van der Waals surface area contributed by atoms with Crippen molar-refractivity contribution < 1.29 is 89.4 Å². The highest BCUT2D eigenvalue weighted by atomic mass is 16.8. The zero-order chi connectivity index (χ0) is 54.1. The molecule has 0 spiro atoms. The van der Waals surface area contributed by atoms with Crippen molar-refractivity contribution in [1.82, 2.24) is 5.32 Å². The second-order valence-electron chi connectivity index (χ2n) is 21.5. The Morgan fingerprint density at radius 2 is 0.770 bits per heavy atom. The first kappa shape index (κ1) is 67.1. The van der Waals surface area contributed by atoms with E-state index >= 15 is 0 Å². The minimum Gasteiger partial charge on any atom is -0.394 e. The van der Waals surface area contributed by atoms with Crippen molar-refractivity contribution in [2.75, 3.05) is 26.4 Å². The molecule has 12 N–H and O–H groups in total. The molecule has 0 aromatic rings. The maximum atomic E-state index is 13.3. The molecule has 3 aliphatic heterocycles. The maximum absolute atomic E-state index is 13.3. The fourth-order valence-corrected chi connectivity index (χ4v) is 10.3. The summed E-state index contributed by atoms with van der Waals surface area (Å²) in [6.45, 7) is 1.79. The van der Waals surface area contributed by atoms with Gasteiger partial charge in [0.05, 0.1) is 38.6 Å². The molecular formula is C55H105NO18. The van der Waals surface area contributed by atoms with Gasteiger partial charge in [0.25, 0.3) is 0 Å². The standard InChI is InChI=1S/C55H105NO18/c1-3-5-7-9-11-13-15-17-18-19-21-22-24-26-28-30-32-39(60)38(56-43(61)33-31-29-27-25-23-20-16-14-12-10-8-6-4-2)37-69-53-49(67)46(64)51(41(35-58)71-53)74-55-50(68)47(65)52(42(36-59)72-55)73-54-48(66)45(63)44(62)40(34-57)70-54/h38-42,44-55,57-60,62-68H,3-37H2,1-2H3,(H,56,61). The molecule has 0 aliphatic carbocycles. The fraction of sp³-hybridized carbons (Fsp3) is 0.982. The molecule has 0 aromatic heterocycles. The Morgan fingerprint density at radius 3 is 1.18 bits per heavy atom. The smallest absolute Gasteiger partial charge is 0.220 e. The van der Waals surface area contributed by atoms with Crippen LogP contribution in [-0.2, 0) is 33.2 Å². The van der Waals surface area contributed by atoms with Gasteiger partial charge in [-0.15, -0.1) is 0 Å². The predicted molar refractivity (Wildman–Crippen MR) is 277 cm³/mol. The lowest BCUT2D eigenvalue weighted by Gasteiger charge is -2.48. The van der Waals surface area contributed by atoms with Crippen molar-refractivity contribution in [1.29, 1.82) is 0 Å². The van der Waals surface area contributed by atoms with E-state index in [4.69, 9.17) is 28.4 Å². The van der Waals surface area contributed by atoms with Gasteiger partial charge >= 0.3 is 0 Å². The largest absolute Gasteiger partial charge is 0.394 e. The van der Waals surface area contributed by atoms with Crippen LogP contribution in [0.1, 0.15) is 213 Å². The molecule has 0 saturated carbocycles. The van der Waals surface area contributed by atoms with E-state index in [1.54, 1.807) is 0 Å². The Kier molecular flexibility index (Phi) is 36.3. The first-order valence-corrected chi connectivity index (χ1v) is 29.3. The third-order valence-electron chi connectivity index (χ3n) is 15.2. The van der Waals surface area contributed by atoms with E-state index in [-0.39, 0.29) is 18.9 Å². The summed E-state index contributed by atoms with van der Waals surface area (Å²) < 4.78 is 34.3. The van der Waals surface area contributed by atoms with Crippen LogP contribution in [0, 0.1) is 0 Å². The van der Waals surface area contributed by atoms with Crippen LogP contribution in [0.4, 0.5) is 0 Å². The molecule has 3 rings (SSSR count). The summed E-state index contributed by atoms with van der Waals surface area (Å²) in [6.07, 6.45) is 9.02. The number of hydrogen-bond acceptors (Lipinski definition) is 18. The second-order valence-corrected chi connectivity index (χ2v) is 21.5. The van der Waals surface area contributed by atoms with E-state index in [0.717, 1.165) is 44.9 Å². The maximum Gasteiger partial charge on any atom is 0.220 e. The van der Waals surface area contributed by atoms with Crippen LogP contribution < -0.4 is 5.32 Å². The molecule has 17 atom stereocenters.